The summed E-state index contributed by atoms with van der Waals surface area (Å²) < 4.78 is 131. The Morgan fingerprint density at radius 3 is 1.15 bits per heavy atom. The molecule has 0 fully saturated rings. The molecule has 0 saturated heterocycles. The first-order chi connectivity index (χ1) is 19.1. The first-order valence-electron chi connectivity index (χ1n) is 15.1. The number of unbranched alkanes of at least 4 members (excludes halogenated alkanes) is 16. The average Bonchev–Trinajstić information content (AvgIpc) is 2.87. The van der Waals surface area contributed by atoms with E-state index in [1.165, 1.54) is 0 Å². The second kappa shape index (κ2) is 19.6. The van der Waals surface area contributed by atoms with Gasteiger partial charge < -0.3 is 5.11 Å². The van der Waals surface area contributed by atoms with Crippen LogP contribution in [-0.4, -0.2) is 61.8 Å². The third-order valence-corrected chi connectivity index (χ3v) is 12.6. The predicted molar refractivity (Wildman–Crippen MR) is 150 cm³/mol. The summed E-state index contributed by atoms with van der Waals surface area (Å²) in [6.07, 6.45) is 11.0. The number of hydrogen-bond acceptors (Lipinski definition) is 6. The lowest BCUT2D eigenvalue weighted by Crippen LogP contribution is -2.66. The van der Waals surface area contributed by atoms with Crippen LogP contribution in [0.15, 0.2) is 0 Å². The first-order valence-corrected chi connectivity index (χ1v) is 18.0. The summed E-state index contributed by atoms with van der Waals surface area (Å²) in [6.45, 7) is 1.48. The van der Waals surface area contributed by atoms with Gasteiger partial charge in [0.2, 0.25) is 4.20 Å². The fourth-order valence-electron chi connectivity index (χ4n) is 5.12. The van der Waals surface area contributed by atoms with Gasteiger partial charge in [0.05, 0.1) is 6.61 Å². The second-order valence-corrected chi connectivity index (χ2v) is 15.3. The summed E-state index contributed by atoms with van der Waals surface area (Å²) in [7, 11) is -13.8. The van der Waals surface area contributed by atoms with E-state index in [1.54, 1.807) is 0 Å². The molecule has 0 aromatic carbocycles. The summed E-state index contributed by atoms with van der Waals surface area (Å²) in [6, 6.07) is 0. The lowest BCUT2D eigenvalue weighted by Gasteiger charge is -2.42. The van der Waals surface area contributed by atoms with Gasteiger partial charge in [0.25, 0.3) is 19.7 Å². The monoisotopic (exact) mass is 647 g/mol. The molecule has 0 spiro atoms. The maximum atomic E-state index is 13.9. The Morgan fingerprint density at radius 2 is 0.829 bits per heavy atom. The van der Waals surface area contributed by atoms with Crippen molar-refractivity contribution in [2.45, 2.75) is 151 Å². The van der Waals surface area contributed by atoms with Gasteiger partial charge in [-0.1, -0.05) is 117 Å². The average molecular weight is 648 g/mol. The van der Waals surface area contributed by atoms with E-state index in [4.69, 9.17) is 0 Å². The Balaban J connectivity index is 6.02. The molecule has 0 rings (SSSR count). The van der Waals surface area contributed by atoms with Crippen LogP contribution in [0.1, 0.15) is 136 Å². The number of hydrogen-bond donors (Lipinski definition) is 1. The molecule has 0 aromatic rings. The largest absolute Gasteiger partial charge is 0.500 e. The van der Waals surface area contributed by atoms with E-state index < -0.39 is 67.4 Å². The number of sulfone groups is 2. The zero-order chi connectivity index (χ0) is 31.6. The molecule has 6 nitrogen and oxygen atoms in total. The SMILES string of the molecule is CCCCCCCCCCCCC(N(CCO)CCCCCCCCCC)(S(=O)(=O)C(F)(F)F)S(=O)(=O)C(F)(F)F. The van der Waals surface area contributed by atoms with Crippen LogP contribution in [0, 0.1) is 0 Å². The third kappa shape index (κ3) is 12.1. The van der Waals surface area contributed by atoms with Crippen molar-refractivity contribution in [2.75, 3.05) is 19.7 Å². The van der Waals surface area contributed by atoms with Crippen molar-refractivity contribution in [1.29, 1.82) is 0 Å². The minimum atomic E-state index is -6.92. The minimum absolute atomic E-state index is 0.0195. The van der Waals surface area contributed by atoms with Gasteiger partial charge in [-0.3, -0.25) is 4.90 Å². The molecule has 0 radical (unpaired) electrons. The number of alkyl halides is 6. The van der Waals surface area contributed by atoms with Crippen molar-refractivity contribution in [2.24, 2.45) is 0 Å². The Bertz CT molecular complexity index is 849. The molecule has 0 atom stereocenters. The highest BCUT2D eigenvalue weighted by Gasteiger charge is 2.74. The lowest BCUT2D eigenvalue weighted by molar-refractivity contribution is -0.0550. The molecule has 0 aliphatic carbocycles. The smallest absolute Gasteiger partial charge is 0.395 e. The molecule has 248 valence electrons. The Labute approximate surface area is 243 Å². The van der Waals surface area contributed by atoms with Gasteiger partial charge in [0.15, 0.2) is 0 Å². The van der Waals surface area contributed by atoms with Crippen LogP contribution in [0.4, 0.5) is 26.3 Å². The van der Waals surface area contributed by atoms with Crippen molar-refractivity contribution >= 4 is 19.7 Å². The minimum Gasteiger partial charge on any atom is -0.395 e. The van der Waals surface area contributed by atoms with Crippen LogP contribution < -0.4 is 0 Å². The molecule has 0 aliphatic rings. The van der Waals surface area contributed by atoms with E-state index in [-0.39, 0.29) is 17.7 Å². The van der Waals surface area contributed by atoms with E-state index in [1.807, 2.05) is 6.92 Å². The van der Waals surface area contributed by atoms with Gasteiger partial charge in [-0.25, -0.2) is 16.8 Å². The molecule has 14 heteroatoms. The molecule has 41 heavy (non-hydrogen) atoms. The molecule has 0 aromatic heterocycles. The summed E-state index contributed by atoms with van der Waals surface area (Å²) in [5, 5.41) is 9.51. The van der Waals surface area contributed by atoms with E-state index in [9.17, 15) is 48.3 Å². The summed E-state index contributed by atoms with van der Waals surface area (Å²) in [5.74, 6) is 0. The van der Waals surface area contributed by atoms with Crippen LogP contribution in [0.3, 0.4) is 0 Å². The zero-order valence-electron chi connectivity index (χ0n) is 24.7. The lowest BCUT2D eigenvalue weighted by atomic mass is 10.1. The fourth-order valence-corrected chi connectivity index (χ4v) is 9.44. The highest BCUT2D eigenvalue weighted by molar-refractivity contribution is 8.11. The Hall–Kier alpha value is -0.600. The van der Waals surface area contributed by atoms with Gasteiger partial charge in [0, 0.05) is 13.1 Å². The molecular formula is C27H51F6NO5S2. The molecular weight excluding hydrogens is 596 g/mol. The van der Waals surface area contributed by atoms with Crippen LogP contribution >= 0.6 is 0 Å². The van der Waals surface area contributed by atoms with Gasteiger partial charge in [-0.2, -0.15) is 26.3 Å². The number of aliphatic hydroxyl groups excluding tert-OH is 1. The molecule has 0 heterocycles. The maximum Gasteiger partial charge on any atom is 0.500 e. The van der Waals surface area contributed by atoms with Gasteiger partial charge >= 0.3 is 11.0 Å². The third-order valence-electron chi connectivity index (χ3n) is 7.43. The zero-order valence-corrected chi connectivity index (χ0v) is 26.3. The van der Waals surface area contributed by atoms with E-state index in [2.05, 4.69) is 6.92 Å². The number of nitrogens with zero attached hydrogens (tertiary/aromatic N) is 1. The van der Waals surface area contributed by atoms with Crippen molar-refractivity contribution in [3.8, 4) is 0 Å². The quantitative estimate of drug-likeness (QED) is 0.0793. The first kappa shape index (κ1) is 40.4. The maximum absolute atomic E-state index is 13.9. The van der Waals surface area contributed by atoms with Gasteiger partial charge in [0.1, 0.15) is 0 Å². The fraction of sp³-hybridized carbons (Fsp3) is 1.00. The van der Waals surface area contributed by atoms with Crippen LogP contribution in [0.5, 0.6) is 0 Å². The van der Waals surface area contributed by atoms with Gasteiger partial charge in [-0.15, -0.1) is 0 Å². The standard InChI is InChI=1S/C27H51F6NO5S2/c1-3-5-7-9-11-13-14-15-17-19-21-25(40(36,37)26(28,29)30,41(38,39)27(31,32)33)34(23-24-35)22-20-18-16-12-10-8-6-4-2/h35H,3-24H2,1-2H3. The normalized spacial score (nSPS) is 13.8. The van der Waals surface area contributed by atoms with Crippen molar-refractivity contribution in [1.82, 2.24) is 4.90 Å². The molecule has 0 amide bonds. The number of aliphatic hydroxyl groups is 1. The molecule has 0 unspecified atom stereocenters. The van der Waals surface area contributed by atoms with Crippen LogP contribution in [0.2, 0.25) is 0 Å². The highest BCUT2D eigenvalue weighted by Crippen LogP contribution is 2.48. The Morgan fingerprint density at radius 1 is 0.512 bits per heavy atom. The summed E-state index contributed by atoms with van der Waals surface area (Å²) in [5.41, 5.74) is -12.5. The van der Waals surface area contributed by atoms with Crippen LogP contribution in [0.25, 0.3) is 0 Å². The second-order valence-electron chi connectivity index (χ2n) is 10.7. The molecule has 1 N–H and O–H groups in total. The number of rotatable bonds is 25. The van der Waals surface area contributed by atoms with Crippen LogP contribution in [-0.2, 0) is 19.7 Å². The van der Waals surface area contributed by atoms with Crippen molar-refractivity contribution < 1.29 is 48.3 Å². The summed E-state index contributed by atoms with van der Waals surface area (Å²) in [4.78, 5) is 0.198. The Kier molecular flexibility index (Phi) is 19.3. The van der Waals surface area contributed by atoms with Crippen molar-refractivity contribution in [3.05, 3.63) is 0 Å². The highest BCUT2D eigenvalue weighted by atomic mass is 32.3. The van der Waals surface area contributed by atoms with E-state index >= 15 is 0 Å². The topological polar surface area (TPSA) is 91.8 Å². The van der Waals surface area contributed by atoms with E-state index in [0.29, 0.717) is 25.7 Å². The number of halogens is 6. The molecule has 0 aliphatic heterocycles. The predicted octanol–water partition coefficient (Wildman–Crippen LogP) is 8.26. The van der Waals surface area contributed by atoms with Gasteiger partial charge in [-0.05, 0) is 19.3 Å². The summed E-state index contributed by atoms with van der Waals surface area (Å²) >= 11 is 0. The molecule has 0 bridgehead atoms. The molecule has 0 saturated carbocycles. The van der Waals surface area contributed by atoms with Crippen molar-refractivity contribution in [3.63, 3.8) is 0 Å². The van der Waals surface area contributed by atoms with E-state index in [0.717, 1.165) is 70.6 Å².